The quantitative estimate of drug-likeness (QED) is 0.818. The molecule has 0 aromatic heterocycles. The first-order chi connectivity index (χ1) is 6.37. The highest BCUT2D eigenvalue weighted by Crippen LogP contribution is 2.09. The van der Waals surface area contributed by atoms with Gasteiger partial charge in [0.05, 0.1) is 5.75 Å². The maximum Gasteiger partial charge on any atom is 0.209 e. The van der Waals surface area contributed by atoms with E-state index in [4.69, 9.17) is 5.14 Å². The molecule has 0 saturated heterocycles. The molecule has 0 bridgehead atoms. The van der Waals surface area contributed by atoms with E-state index in [0.717, 1.165) is 16.7 Å². The van der Waals surface area contributed by atoms with E-state index in [2.05, 4.69) is 6.07 Å². The zero-order valence-electron chi connectivity index (χ0n) is 8.45. The zero-order chi connectivity index (χ0) is 10.8. The Balaban J connectivity index is 2.78. The van der Waals surface area contributed by atoms with Crippen LogP contribution in [0.4, 0.5) is 0 Å². The van der Waals surface area contributed by atoms with Gasteiger partial charge >= 0.3 is 0 Å². The van der Waals surface area contributed by atoms with E-state index in [9.17, 15) is 8.42 Å². The van der Waals surface area contributed by atoms with E-state index in [1.807, 2.05) is 26.0 Å². The van der Waals surface area contributed by atoms with Crippen LogP contribution >= 0.6 is 0 Å². The van der Waals surface area contributed by atoms with Crippen LogP contribution in [-0.4, -0.2) is 14.2 Å². The van der Waals surface area contributed by atoms with Crippen molar-refractivity contribution in [3.8, 4) is 0 Å². The molecule has 0 radical (unpaired) electrons. The third-order valence-corrected chi connectivity index (χ3v) is 2.73. The predicted molar refractivity (Wildman–Crippen MR) is 57.6 cm³/mol. The van der Waals surface area contributed by atoms with Gasteiger partial charge in [0.2, 0.25) is 10.0 Å². The molecule has 1 rings (SSSR count). The van der Waals surface area contributed by atoms with Crippen molar-refractivity contribution < 1.29 is 8.42 Å². The molecule has 14 heavy (non-hydrogen) atoms. The van der Waals surface area contributed by atoms with Gasteiger partial charge in [-0.2, -0.15) is 0 Å². The molecule has 4 heteroatoms. The molecule has 0 atom stereocenters. The summed E-state index contributed by atoms with van der Waals surface area (Å²) in [5, 5.41) is 4.93. The van der Waals surface area contributed by atoms with Crippen molar-refractivity contribution in [2.24, 2.45) is 5.14 Å². The number of hydrogen-bond donors (Lipinski definition) is 1. The van der Waals surface area contributed by atoms with Crippen LogP contribution in [0.3, 0.4) is 0 Å². The fourth-order valence-corrected chi connectivity index (χ4v) is 1.99. The van der Waals surface area contributed by atoms with E-state index < -0.39 is 10.0 Å². The van der Waals surface area contributed by atoms with E-state index in [1.54, 1.807) is 0 Å². The number of benzene rings is 1. The van der Waals surface area contributed by atoms with E-state index in [-0.39, 0.29) is 5.75 Å². The van der Waals surface area contributed by atoms with Crippen LogP contribution in [0.25, 0.3) is 0 Å². The van der Waals surface area contributed by atoms with E-state index in [0.29, 0.717) is 6.42 Å². The van der Waals surface area contributed by atoms with Gasteiger partial charge in [-0.25, -0.2) is 13.6 Å². The van der Waals surface area contributed by atoms with Gasteiger partial charge < -0.3 is 0 Å². The van der Waals surface area contributed by atoms with E-state index in [1.165, 1.54) is 0 Å². The molecule has 1 aromatic rings. The van der Waals surface area contributed by atoms with Crippen LogP contribution in [0, 0.1) is 13.8 Å². The normalized spacial score (nSPS) is 11.6. The van der Waals surface area contributed by atoms with Crippen LogP contribution in [0.15, 0.2) is 18.2 Å². The first-order valence-electron chi connectivity index (χ1n) is 4.44. The minimum absolute atomic E-state index is 0.00981. The number of sulfonamides is 1. The number of primary sulfonamides is 1. The lowest BCUT2D eigenvalue weighted by molar-refractivity contribution is 0.597. The minimum Gasteiger partial charge on any atom is -0.229 e. The highest BCUT2D eigenvalue weighted by Gasteiger charge is 2.03. The minimum atomic E-state index is -3.35. The van der Waals surface area contributed by atoms with Crippen molar-refractivity contribution in [2.75, 3.05) is 5.75 Å². The molecule has 0 saturated carbocycles. The van der Waals surface area contributed by atoms with Crippen LogP contribution in [0.5, 0.6) is 0 Å². The van der Waals surface area contributed by atoms with Crippen molar-refractivity contribution in [2.45, 2.75) is 20.3 Å². The fourth-order valence-electron chi connectivity index (χ4n) is 1.47. The van der Waals surface area contributed by atoms with Crippen LogP contribution in [0.2, 0.25) is 0 Å². The van der Waals surface area contributed by atoms with Crippen LogP contribution < -0.4 is 5.14 Å². The van der Waals surface area contributed by atoms with Crippen molar-refractivity contribution in [3.05, 3.63) is 34.9 Å². The van der Waals surface area contributed by atoms with Crippen molar-refractivity contribution in [1.29, 1.82) is 0 Å². The second-order valence-electron chi connectivity index (χ2n) is 3.61. The van der Waals surface area contributed by atoms with Gasteiger partial charge in [-0.3, -0.25) is 0 Å². The standard InChI is InChI=1S/C10H15NO2S/c1-8-5-9(2)7-10(6-8)3-4-14(11,12)13/h5-7H,3-4H2,1-2H3,(H2,11,12,13). The molecule has 1 aromatic carbocycles. The second kappa shape index (κ2) is 4.11. The summed E-state index contributed by atoms with van der Waals surface area (Å²) in [5.74, 6) is 0.00981. The van der Waals surface area contributed by atoms with E-state index >= 15 is 0 Å². The van der Waals surface area contributed by atoms with Crippen LogP contribution in [0.1, 0.15) is 16.7 Å². The maximum absolute atomic E-state index is 10.8. The molecular weight excluding hydrogens is 198 g/mol. The Bertz CT molecular complexity index is 403. The number of nitrogens with two attached hydrogens (primary N) is 1. The van der Waals surface area contributed by atoms with Crippen molar-refractivity contribution in [1.82, 2.24) is 0 Å². The van der Waals surface area contributed by atoms with Gasteiger partial charge in [0.1, 0.15) is 0 Å². The molecule has 0 fully saturated rings. The monoisotopic (exact) mass is 213 g/mol. The Morgan fingerprint density at radius 1 is 1.14 bits per heavy atom. The summed E-state index contributed by atoms with van der Waals surface area (Å²) >= 11 is 0. The summed E-state index contributed by atoms with van der Waals surface area (Å²) in [6, 6.07) is 6.02. The largest absolute Gasteiger partial charge is 0.229 e. The Hall–Kier alpha value is -0.870. The lowest BCUT2D eigenvalue weighted by atomic mass is 10.1. The Morgan fingerprint density at radius 2 is 1.64 bits per heavy atom. The smallest absolute Gasteiger partial charge is 0.209 e. The van der Waals surface area contributed by atoms with Gasteiger partial charge in [-0.05, 0) is 25.8 Å². The SMILES string of the molecule is Cc1cc(C)cc(CCS(N)(=O)=O)c1. The summed E-state index contributed by atoms with van der Waals surface area (Å²) in [4.78, 5) is 0. The van der Waals surface area contributed by atoms with Gasteiger partial charge in [0.25, 0.3) is 0 Å². The highest BCUT2D eigenvalue weighted by molar-refractivity contribution is 7.89. The first kappa shape index (κ1) is 11.2. The molecule has 0 heterocycles. The topological polar surface area (TPSA) is 60.2 Å². The van der Waals surface area contributed by atoms with Crippen molar-refractivity contribution >= 4 is 10.0 Å². The molecule has 0 amide bonds. The molecule has 0 aliphatic rings. The third-order valence-electron chi connectivity index (χ3n) is 1.96. The third kappa shape index (κ3) is 3.89. The zero-order valence-corrected chi connectivity index (χ0v) is 9.26. The number of hydrogen-bond acceptors (Lipinski definition) is 2. The highest BCUT2D eigenvalue weighted by atomic mass is 32.2. The lowest BCUT2D eigenvalue weighted by Crippen LogP contribution is -2.18. The molecule has 0 aliphatic heterocycles. The summed E-state index contributed by atoms with van der Waals surface area (Å²) in [7, 11) is -3.35. The van der Waals surface area contributed by atoms with Crippen LogP contribution in [-0.2, 0) is 16.4 Å². The van der Waals surface area contributed by atoms with Gasteiger partial charge in [-0.1, -0.05) is 29.3 Å². The molecule has 0 aliphatic carbocycles. The Kier molecular flexibility index (Phi) is 3.29. The molecule has 78 valence electrons. The average Bonchev–Trinajstić information content (AvgIpc) is 1.97. The average molecular weight is 213 g/mol. The summed E-state index contributed by atoms with van der Waals surface area (Å²) in [5.41, 5.74) is 3.32. The van der Waals surface area contributed by atoms with Gasteiger partial charge in [-0.15, -0.1) is 0 Å². The fraction of sp³-hybridized carbons (Fsp3) is 0.400. The predicted octanol–water partition coefficient (Wildman–Crippen LogP) is 1.13. The molecule has 0 unspecified atom stereocenters. The first-order valence-corrected chi connectivity index (χ1v) is 6.16. The van der Waals surface area contributed by atoms with Gasteiger partial charge in [0.15, 0.2) is 0 Å². The maximum atomic E-state index is 10.8. The Morgan fingerprint density at radius 3 is 2.07 bits per heavy atom. The molecular formula is C10H15NO2S. The summed E-state index contributed by atoms with van der Waals surface area (Å²) < 4.78 is 21.5. The van der Waals surface area contributed by atoms with Crippen molar-refractivity contribution in [3.63, 3.8) is 0 Å². The summed E-state index contributed by atoms with van der Waals surface area (Å²) in [6.07, 6.45) is 0.487. The number of rotatable bonds is 3. The lowest BCUT2D eigenvalue weighted by Gasteiger charge is -2.03. The molecule has 2 N–H and O–H groups in total. The molecule has 3 nitrogen and oxygen atoms in total. The van der Waals surface area contributed by atoms with Gasteiger partial charge in [0, 0.05) is 0 Å². The second-order valence-corrected chi connectivity index (χ2v) is 5.35. The Labute approximate surface area is 85.0 Å². The summed E-state index contributed by atoms with van der Waals surface area (Å²) in [6.45, 7) is 3.99. The number of aryl methyl sites for hydroxylation is 3. The molecule has 0 spiro atoms.